The van der Waals surface area contributed by atoms with Gasteiger partial charge in [0.25, 0.3) is 0 Å². The van der Waals surface area contributed by atoms with Gasteiger partial charge in [-0.25, -0.2) is 0 Å². The lowest BCUT2D eigenvalue weighted by Gasteiger charge is -2.38. The third-order valence-corrected chi connectivity index (χ3v) is 5.41. The number of nitrogens with one attached hydrogen (secondary N) is 1. The van der Waals surface area contributed by atoms with Gasteiger partial charge in [-0.3, -0.25) is 4.99 Å². The number of hydrogen-bond donors (Lipinski definition) is 2. The fraction of sp³-hybridized carbons (Fsp3) is 0.650. The predicted molar refractivity (Wildman–Crippen MR) is 106 cm³/mol. The van der Waals surface area contributed by atoms with E-state index in [0.717, 1.165) is 70.1 Å². The SMILES string of the molecule is CCNC(=NCC1(O)CCCC1)N1CCN(c2ccc(OC)cc2)CC1. The lowest BCUT2D eigenvalue weighted by molar-refractivity contribution is 0.0571. The number of rotatable bonds is 5. The average Bonchev–Trinajstić information content (AvgIpc) is 3.12. The van der Waals surface area contributed by atoms with E-state index in [9.17, 15) is 5.11 Å². The molecule has 1 saturated carbocycles. The third-order valence-electron chi connectivity index (χ3n) is 5.41. The number of ether oxygens (including phenoxy) is 1. The Balaban J connectivity index is 1.58. The van der Waals surface area contributed by atoms with Gasteiger partial charge in [0.15, 0.2) is 5.96 Å². The number of methoxy groups -OCH3 is 1. The molecule has 2 fully saturated rings. The lowest BCUT2D eigenvalue weighted by Crippen LogP contribution is -2.53. The molecule has 0 aromatic heterocycles. The number of anilines is 1. The predicted octanol–water partition coefficient (Wildman–Crippen LogP) is 2.09. The molecule has 1 heterocycles. The lowest BCUT2D eigenvalue weighted by atomic mass is 10.0. The van der Waals surface area contributed by atoms with E-state index in [-0.39, 0.29) is 0 Å². The van der Waals surface area contributed by atoms with Crippen LogP contribution in [0, 0.1) is 0 Å². The minimum atomic E-state index is -0.592. The first-order chi connectivity index (χ1) is 12.6. The highest BCUT2D eigenvalue weighted by Gasteiger charge is 2.31. The van der Waals surface area contributed by atoms with Gasteiger partial charge in [0.2, 0.25) is 0 Å². The molecule has 0 radical (unpaired) electrons. The second kappa shape index (κ2) is 8.62. The van der Waals surface area contributed by atoms with Gasteiger partial charge in [-0.15, -0.1) is 0 Å². The summed E-state index contributed by atoms with van der Waals surface area (Å²) in [6.45, 7) is 7.21. The first-order valence-corrected chi connectivity index (χ1v) is 9.78. The molecule has 1 aliphatic carbocycles. The Morgan fingerprint density at radius 3 is 2.38 bits per heavy atom. The fourth-order valence-corrected chi connectivity index (χ4v) is 3.81. The minimum Gasteiger partial charge on any atom is -0.497 e. The van der Waals surface area contributed by atoms with Crippen molar-refractivity contribution in [3.8, 4) is 5.75 Å². The maximum Gasteiger partial charge on any atom is 0.194 e. The number of aliphatic imine (C=N–C) groups is 1. The van der Waals surface area contributed by atoms with Gasteiger partial charge in [-0.1, -0.05) is 12.8 Å². The van der Waals surface area contributed by atoms with Crippen molar-refractivity contribution in [2.45, 2.75) is 38.2 Å². The van der Waals surface area contributed by atoms with Crippen LogP contribution >= 0.6 is 0 Å². The summed E-state index contributed by atoms with van der Waals surface area (Å²) in [7, 11) is 1.69. The van der Waals surface area contributed by atoms with E-state index in [0.29, 0.717) is 6.54 Å². The van der Waals surface area contributed by atoms with E-state index < -0.39 is 5.60 Å². The number of piperazine rings is 1. The standard InChI is InChI=1S/C20H32N4O2/c1-3-21-19(22-16-20(25)10-4-5-11-20)24-14-12-23(13-15-24)17-6-8-18(26-2)9-7-17/h6-9,25H,3-5,10-16H2,1-2H3,(H,21,22). The molecule has 3 rings (SSSR count). The van der Waals surface area contributed by atoms with Crippen molar-refractivity contribution in [2.24, 2.45) is 4.99 Å². The molecule has 0 unspecified atom stereocenters. The number of guanidine groups is 1. The highest BCUT2D eigenvalue weighted by molar-refractivity contribution is 5.80. The van der Waals surface area contributed by atoms with Gasteiger partial charge in [0.05, 0.1) is 19.3 Å². The zero-order valence-corrected chi connectivity index (χ0v) is 16.1. The van der Waals surface area contributed by atoms with Crippen molar-refractivity contribution in [2.75, 3.05) is 51.3 Å². The number of nitrogens with zero attached hydrogens (tertiary/aromatic N) is 3. The van der Waals surface area contributed by atoms with Crippen molar-refractivity contribution in [1.82, 2.24) is 10.2 Å². The van der Waals surface area contributed by atoms with Crippen molar-refractivity contribution in [3.63, 3.8) is 0 Å². The summed E-state index contributed by atoms with van der Waals surface area (Å²) in [6.07, 6.45) is 3.98. The summed E-state index contributed by atoms with van der Waals surface area (Å²) in [5, 5.41) is 14.0. The summed E-state index contributed by atoms with van der Waals surface area (Å²) in [5.41, 5.74) is 0.638. The minimum absolute atomic E-state index is 0.508. The molecule has 0 bridgehead atoms. The summed E-state index contributed by atoms with van der Waals surface area (Å²) in [6, 6.07) is 8.25. The Morgan fingerprint density at radius 1 is 1.15 bits per heavy atom. The molecule has 0 spiro atoms. The second-order valence-electron chi connectivity index (χ2n) is 7.27. The number of hydrogen-bond acceptors (Lipinski definition) is 4. The van der Waals surface area contributed by atoms with Crippen LogP contribution in [-0.2, 0) is 0 Å². The molecule has 1 aromatic carbocycles. The molecular formula is C20H32N4O2. The Kier molecular flexibility index (Phi) is 6.25. The molecule has 1 saturated heterocycles. The quantitative estimate of drug-likeness (QED) is 0.622. The largest absolute Gasteiger partial charge is 0.497 e. The van der Waals surface area contributed by atoms with Crippen molar-refractivity contribution < 1.29 is 9.84 Å². The second-order valence-corrected chi connectivity index (χ2v) is 7.27. The molecule has 26 heavy (non-hydrogen) atoms. The van der Waals surface area contributed by atoms with Crippen molar-refractivity contribution in [3.05, 3.63) is 24.3 Å². The van der Waals surface area contributed by atoms with Crippen LogP contribution in [0.15, 0.2) is 29.3 Å². The Bertz CT molecular complexity index is 588. The van der Waals surface area contributed by atoms with Crippen LogP contribution in [0.25, 0.3) is 0 Å². The molecule has 0 atom stereocenters. The zero-order chi connectivity index (χ0) is 18.4. The molecule has 1 aromatic rings. The van der Waals surface area contributed by atoms with E-state index >= 15 is 0 Å². The molecule has 6 heteroatoms. The highest BCUT2D eigenvalue weighted by Crippen LogP contribution is 2.29. The summed E-state index contributed by atoms with van der Waals surface area (Å²) in [4.78, 5) is 9.46. The normalized spacial score (nSPS) is 20.3. The van der Waals surface area contributed by atoms with Gasteiger partial charge < -0.3 is 25.0 Å². The van der Waals surface area contributed by atoms with Gasteiger partial charge in [0.1, 0.15) is 5.75 Å². The first kappa shape index (κ1) is 18.8. The van der Waals surface area contributed by atoms with Crippen LogP contribution in [-0.4, -0.2) is 67.9 Å². The maximum absolute atomic E-state index is 10.6. The van der Waals surface area contributed by atoms with Gasteiger partial charge >= 0.3 is 0 Å². The van der Waals surface area contributed by atoms with Crippen LogP contribution in [0.4, 0.5) is 5.69 Å². The van der Waals surface area contributed by atoms with Crippen molar-refractivity contribution >= 4 is 11.6 Å². The molecular weight excluding hydrogens is 328 g/mol. The molecule has 6 nitrogen and oxygen atoms in total. The Hall–Kier alpha value is -1.95. The van der Waals surface area contributed by atoms with Gasteiger partial charge in [-0.05, 0) is 44.0 Å². The Labute approximate surface area is 156 Å². The highest BCUT2D eigenvalue weighted by atomic mass is 16.5. The van der Waals surface area contributed by atoms with E-state index in [1.165, 1.54) is 5.69 Å². The van der Waals surface area contributed by atoms with Crippen LogP contribution in [0.5, 0.6) is 5.75 Å². The van der Waals surface area contributed by atoms with Crippen LogP contribution in [0.3, 0.4) is 0 Å². The van der Waals surface area contributed by atoms with Crippen LogP contribution in [0.1, 0.15) is 32.6 Å². The number of benzene rings is 1. The monoisotopic (exact) mass is 360 g/mol. The molecule has 0 amide bonds. The average molecular weight is 361 g/mol. The molecule has 144 valence electrons. The molecule has 1 aliphatic heterocycles. The van der Waals surface area contributed by atoms with E-state index in [2.05, 4.69) is 34.2 Å². The van der Waals surface area contributed by atoms with E-state index in [1.807, 2.05) is 12.1 Å². The van der Waals surface area contributed by atoms with Gasteiger partial charge in [-0.2, -0.15) is 0 Å². The van der Waals surface area contributed by atoms with Crippen LogP contribution < -0.4 is 15.0 Å². The van der Waals surface area contributed by atoms with E-state index in [1.54, 1.807) is 7.11 Å². The maximum atomic E-state index is 10.6. The third kappa shape index (κ3) is 4.61. The smallest absolute Gasteiger partial charge is 0.194 e. The zero-order valence-electron chi connectivity index (χ0n) is 16.1. The summed E-state index contributed by atoms with van der Waals surface area (Å²) in [5.74, 6) is 1.82. The fourth-order valence-electron chi connectivity index (χ4n) is 3.81. The number of aliphatic hydroxyl groups is 1. The topological polar surface area (TPSA) is 60.3 Å². The van der Waals surface area contributed by atoms with Crippen LogP contribution in [0.2, 0.25) is 0 Å². The van der Waals surface area contributed by atoms with Crippen molar-refractivity contribution in [1.29, 1.82) is 0 Å². The van der Waals surface area contributed by atoms with E-state index in [4.69, 9.17) is 9.73 Å². The molecule has 2 aliphatic rings. The summed E-state index contributed by atoms with van der Waals surface area (Å²) >= 11 is 0. The van der Waals surface area contributed by atoms with Gasteiger partial charge in [0, 0.05) is 38.4 Å². The Morgan fingerprint density at radius 2 is 1.81 bits per heavy atom. The first-order valence-electron chi connectivity index (χ1n) is 9.78. The summed E-state index contributed by atoms with van der Waals surface area (Å²) < 4.78 is 5.24. The molecule has 2 N–H and O–H groups in total.